The summed E-state index contributed by atoms with van der Waals surface area (Å²) >= 11 is 0. The second-order valence-corrected chi connectivity index (χ2v) is 6.06. The van der Waals surface area contributed by atoms with Crippen LogP contribution in [0.3, 0.4) is 0 Å². The molecule has 102 valence electrons. The first kappa shape index (κ1) is 11.6. The van der Waals surface area contributed by atoms with E-state index in [1.165, 1.54) is 0 Å². The van der Waals surface area contributed by atoms with Gasteiger partial charge in [-0.05, 0) is 20.3 Å². The van der Waals surface area contributed by atoms with Gasteiger partial charge in [-0.25, -0.2) is 10.1 Å². The molecule has 1 aliphatic carbocycles. The second kappa shape index (κ2) is 3.26. The summed E-state index contributed by atoms with van der Waals surface area (Å²) in [5.74, 6) is -0.552. The van der Waals surface area contributed by atoms with E-state index in [1.807, 2.05) is 13.8 Å². The molecule has 0 amide bonds. The number of rotatable bonds is 2. The fraction of sp³-hybridized carbons (Fsp3) is 1.00. The van der Waals surface area contributed by atoms with Gasteiger partial charge >= 0.3 is 0 Å². The van der Waals surface area contributed by atoms with Gasteiger partial charge in [-0.15, -0.1) is 0 Å². The lowest BCUT2D eigenvalue weighted by Crippen LogP contribution is -2.37. The van der Waals surface area contributed by atoms with Crippen LogP contribution in [0.4, 0.5) is 0 Å². The van der Waals surface area contributed by atoms with E-state index in [1.54, 1.807) is 7.11 Å². The predicted molar refractivity (Wildman–Crippen MR) is 56.9 cm³/mol. The molecule has 0 aromatic carbocycles. The molecule has 6 unspecified atom stereocenters. The minimum Gasteiger partial charge on any atom is -0.355 e. The fourth-order valence-corrected chi connectivity index (χ4v) is 4.83. The van der Waals surface area contributed by atoms with Crippen molar-refractivity contribution >= 4 is 0 Å². The minimum atomic E-state index is -0.731. The highest BCUT2D eigenvalue weighted by molar-refractivity contribution is 5.14. The fourth-order valence-electron chi connectivity index (χ4n) is 4.83. The molecule has 0 radical (unpaired) electrons. The molecule has 4 rings (SSSR count). The molecule has 0 aromatic heterocycles. The first-order chi connectivity index (χ1) is 8.52. The Morgan fingerprint density at radius 2 is 1.61 bits per heavy atom. The first-order valence-electron chi connectivity index (χ1n) is 6.41. The highest BCUT2D eigenvalue weighted by atomic mass is 17.1. The Labute approximate surface area is 105 Å². The lowest BCUT2D eigenvalue weighted by Gasteiger charge is -2.29. The van der Waals surface area contributed by atoms with Crippen LogP contribution in [0.25, 0.3) is 0 Å². The predicted octanol–water partition coefficient (Wildman–Crippen LogP) is 1.17. The first-order valence-corrected chi connectivity index (χ1v) is 6.41. The van der Waals surface area contributed by atoms with E-state index < -0.39 is 17.9 Å². The summed E-state index contributed by atoms with van der Waals surface area (Å²) < 4.78 is 23.1. The zero-order chi connectivity index (χ0) is 12.7. The zero-order valence-corrected chi connectivity index (χ0v) is 10.7. The van der Waals surface area contributed by atoms with Gasteiger partial charge in [-0.1, -0.05) is 0 Å². The van der Waals surface area contributed by atoms with E-state index in [0.717, 1.165) is 6.42 Å². The summed E-state index contributed by atoms with van der Waals surface area (Å²) in [6, 6.07) is 0. The molecule has 18 heavy (non-hydrogen) atoms. The van der Waals surface area contributed by atoms with Crippen molar-refractivity contribution in [2.45, 2.75) is 44.4 Å². The molecule has 3 heterocycles. The number of methoxy groups -OCH3 is 1. The van der Waals surface area contributed by atoms with Crippen molar-refractivity contribution in [3.8, 4) is 0 Å². The Hall–Kier alpha value is -0.240. The smallest absolute Gasteiger partial charge is 0.197 e. The van der Waals surface area contributed by atoms with E-state index in [9.17, 15) is 0 Å². The molecule has 8 atom stereocenters. The van der Waals surface area contributed by atoms with Crippen LogP contribution in [0.2, 0.25) is 0 Å². The standard InChI is InChI=1S/C12H18O6/c1-11-7-5(9(14-3)15-11)4-6-8(7)12(2,18-11)16-10(6)17-13/h5-10,13H,4H2,1-3H3/t5?,6?,7?,8?,9-,10+,11?,12?/m1/s1. The molecule has 6 heteroatoms. The Bertz CT molecular complexity index is 355. The van der Waals surface area contributed by atoms with Gasteiger partial charge in [-0.3, -0.25) is 0 Å². The van der Waals surface area contributed by atoms with Crippen LogP contribution in [0.15, 0.2) is 0 Å². The summed E-state index contributed by atoms with van der Waals surface area (Å²) in [7, 11) is 1.65. The normalized spacial score (nSPS) is 64.7. The molecule has 6 nitrogen and oxygen atoms in total. The van der Waals surface area contributed by atoms with Gasteiger partial charge in [0.1, 0.15) is 0 Å². The third-order valence-electron chi connectivity index (χ3n) is 5.21. The van der Waals surface area contributed by atoms with Crippen molar-refractivity contribution in [3.05, 3.63) is 0 Å². The van der Waals surface area contributed by atoms with E-state index in [-0.39, 0.29) is 30.0 Å². The molecule has 1 saturated carbocycles. The number of ether oxygens (including phenoxy) is 4. The van der Waals surface area contributed by atoms with E-state index in [2.05, 4.69) is 4.89 Å². The minimum absolute atomic E-state index is 0.137. The zero-order valence-electron chi connectivity index (χ0n) is 10.7. The third-order valence-corrected chi connectivity index (χ3v) is 5.21. The van der Waals surface area contributed by atoms with Crippen LogP contribution in [-0.4, -0.2) is 36.5 Å². The van der Waals surface area contributed by atoms with Crippen molar-refractivity contribution in [3.63, 3.8) is 0 Å². The van der Waals surface area contributed by atoms with Gasteiger partial charge in [0.2, 0.25) is 0 Å². The van der Waals surface area contributed by atoms with Crippen LogP contribution < -0.4 is 0 Å². The molecule has 4 fully saturated rings. The largest absolute Gasteiger partial charge is 0.355 e. The number of hydrogen-bond acceptors (Lipinski definition) is 6. The van der Waals surface area contributed by atoms with Gasteiger partial charge in [-0.2, -0.15) is 0 Å². The maximum absolute atomic E-state index is 8.97. The van der Waals surface area contributed by atoms with Gasteiger partial charge < -0.3 is 18.9 Å². The SMILES string of the molecule is CO[C@@H]1OC2(C)OC3(C)O[C@@H](OO)C4CC1C2C43. The van der Waals surface area contributed by atoms with Crippen molar-refractivity contribution < 1.29 is 29.1 Å². The van der Waals surface area contributed by atoms with E-state index in [0.29, 0.717) is 0 Å². The average Bonchev–Trinajstić information content (AvgIpc) is 2.95. The summed E-state index contributed by atoms with van der Waals surface area (Å²) in [6.07, 6.45) is 0.0234. The van der Waals surface area contributed by atoms with Crippen LogP contribution in [0.5, 0.6) is 0 Å². The maximum Gasteiger partial charge on any atom is 0.197 e. The average molecular weight is 258 g/mol. The summed E-state index contributed by atoms with van der Waals surface area (Å²) in [5, 5.41) is 8.97. The Morgan fingerprint density at radius 1 is 1.06 bits per heavy atom. The van der Waals surface area contributed by atoms with E-state index >= 15 is 0 Å². The molecule has 0 aromatic rings. The molecule has 3 aliphatic heterocycles. The van der Waals surface area contributed by atoms with Gasteiger partial charge in [0.05, 0.1) is 0 Å². The molecular weight excluding hydrogens is 240 g/mol. The van der Waals surface area contributed by atoms with Crippen LogP contribution in [0.1, 0.15) is 20.3 Å². The second-order valence-electron chi connectivity index (χ2n) is 6.06. The van der Waals surface area contributed by atoms with Crippen LogP contribution in [0, 0.1) is 23.7 Å². The molecule has 3 saturated heterocycles. The van der Waals surface area contributed by atoms with Crippen LogP contribution >= 0.6 is 0 Å². The van der Waals surface area contributed by atoms with Gasteiger partial charge in [0.25, 0.3) is 0 Å². The van der Waals surface area contributed by atoms with Crippen molar-refractivity contribution in [2.75, 3.05) is 7.11 Å². The molecule has 0 bridgehead atoms. The third kappa shape index (κ3) is 1.10. The molecule has 1 N–H and O–H groups in total. The van der Waals surface area contributed by atoms with E-state index in [4.69, 9.17) is 24.2 Å². The Kier molecular flexibility index (Phi) is 2.09. The van der Waals surface area contributed by atoms with Gasteiger partial charge in [0, 0.05) is 30.8 Å². The van der Waals surface area contributed by atoms with Crippen molar-refractivity contribution in [2.24, 2.45) is 23.7 Å². The van der Waals surface area contributed by atoms with Crippen LogP contribution in [-0.2, 0) is 23.8 Å². The Balaban J connectivity index is 1.76. The topological polar surface area (TPSA) is 66.4 Å². The number of hydrogen-bond donors (Lipinski definition) is 1. The van der Waals surface area contributed by atoms with Gasteiger partial charge in [0.15, 0.2) is 24.2 Å². The summed E-state index contributed by atoms with van der Waals surface area (Å²) in [4.78, 5) is 4.47. The highest BCUT2D eigenvalue weighted by Crippen LogP contribution is 2.69. The van der Waals surface area contributed by atoms with Crippen molar-refractivity contribution in [1.82, 2.24) is 0 Å². The maximum atomic E-state index is 8.97. The Morgan fingerprint density at radius 3 is 2.17 bits per heavy atom. The molecular formula is C12H18O6. The monoisotopic (exact) mass is 258 g/mol. The lowest BCUT2D eigenvalue weighted by molar-refractivity contribution is -0.399. The summed E-state index contributed by atoms with van der Waals surface area (Å²) in [5.41, 5.74) is 0. The highest BCUT2D eigenvalue weighted by Gasteiger charge is 2.77. The summed E-state index contributed by atoms with van der Waals surface area (Å²) in [6.45, 7) is 3.86. The quantitative estimate of drug-likeness (QED) is 0.592. The molecule has 0 spiro atoms. The van der Waals surface area contributed by atoms with Crippen molar-refractivity contribution in [1.29, 1.82) is 0 Å². The lowest BCUT2D eigenvalue weighted by atomic mass is 9.83. The molecule has 4 aliphatic rings.